The van der Waals surface area contributed by atoms with Crippen LogP contribution < -0.4 is 5.56 Å². The van der Waals surface area contributed by atoms with Crippen LogP contribution in [-0.2, 0) is 11.3 Å². The summed E-state index contributed by atoms with van der Waals surface area (Å²) >= 11 is 10.9. The lowest BCUT2D eigenvalue weighted by Crippen LogP contribution is -2.26. The molecule has 0 spiro atoms. The minimum Gasteiger partial charge on any atom is -0.480 e. The van der Waals surface area contributed by atoms with Gasteiger partial charge in [-0.3, -0.25) is 9.59 Å². The number of hydrogen-bond donors (Lipinski definition) is 1. The molecule has 0 saturated carbocycles. The fourth-order valence-corrected chi connectivity index (χ4v) is 0.957. The molecule has 0 atom stereocenters. The van der Waals surface area contributed by atoms with Crippen LogP contribution in [0.3, 0.4) is 0 Å². The van der Waals surface area contributed by atoms with Gasteiger partial charge in [-0.25, -0.2) is 4.68 Å². The summed E-state index contributed by atoms with van der Waals surface area (Å²) in [5.74, 6) is -1.17. The van der Waals surface area contributed by atoms with Crippen molar-refractivity contribution >= 4 is 29.2 Å². The molecule has 0 aliphatic rings. The Morgan fingerprint density at radius 2 is 2.23 bits per heavy atom. The number of aromatic nitrogens is 2. The first-order valence-corrected chi connectivity index (χ1v) is 3.91. The minimum atomic E-state index is -1.17. The van der Waals surface area contributed by atoms with E-state index in [9.17, 15) is 9.59 Å². The molecular formula is C6H4Cl2N2O3. The molecule has 1 aromatic heterocycles. The zero-order valence-corrected chi connectivity index (χ0v) is 7.71. The van der Waals surface area contributed by atoms with Gasteiger partial charge in [-0.1, -0.05) is 23.2 Å². The van der Waals surface area contributed by atoms with Gasteiger partial charge in [0, 0.05) is 0 Å². The van der Waals surface area contributed by atoms with E-state index in [1.165, 1.54) is 0 Å². The highest BCUT2D eigenvalue weighted by molar-refractivity contribution is 6.41. The van der Waals surface area contributed by atoms with Crippen molar-refractivity contribution in [1.29, 1.82) is 0 Å². The van der Waals surface area contributed by atoms with Gasteiger partial charge in [0.05, 0.1) is 11.2 Å². The monoisotopic (exact) mass is 222 g/mol. The molecule has 0 aliphatic heterocycles. The predicted molar refractivity (Wildman–Crippen MR) is 46.2 cm³/mol. The van der Waals surface area contributed by atoms with Crippen LogP contribution in [-0.4, -0.2) is 20.9 Å². The van der Waals surface area contributed by atoms with Crippen molar-refractivity contribution < 1.29 is 9.90 Å². The van der Waals surface area contributed by atoms with Crippen LogP contribution in [0.2, 0.25) is 10.0 Å². The Kier molecular flexibility index (Phi) is 2.90. The summed E-state index contributed by atoms with van der Waals surface area (Å²) in [5.41, 5.74) is -0.712. The molecule has 0 fully saturated rings. The second kappa shape index (κ2) is 3.76. The number of hydrogen-bond acceptors (Lipinski definition) is 3. The Balaban J connectivity index is 3.19. The summed E-state index contributed by atoms with van der Waals surface area (Å²) < 4.78 is 0.719. The first-order chi connectivity index (χ1) is 6.02. The van der Waals surface area contributed by atoms with Crippen molar-refractivity contribution in [2.75, 3.05) is 0 Å². The molecule has 7 heteroatoms. The number of aliphatic carboxylic acids is 1. The Morgan fingerprint density at radius 3 is 2.77 bits per heavy atom. The van der Waals surface area contributed by atoms with Gasteiger partial charge in [-0.2, -0.15) is 5.10 Å². The fraction of sp³-hybridized carbons (Fsp3) is 0.167. The molecule has 0 amide bonds. The van der Waals surface area contributed by atoms with E-state index in [2.05, 4.69) is 5.10 Å². The lowest BCUT2D eigenvalue weighted by molar-refractivity contribution is -0.138. The SMILES string of the molecule is O=C(O)Cn1ncc(Cl)c(Cl)c1=O. The average Bonchev–Trinajstić information content (AvgIpc) is 2.06. The Morgan fingerprint density at radius 1 is 1.62 bits per heavy atom. The maximum absolute atomic E-state index is 11.1. The fourth-order valence-electron chi connectivity index (χ4n) is 0.686. The molecule has 1 aromatic rings. The zero-order valence-electron chi connectivity index (χ0n) is 6.20. The van der Waals surface area contributed by atoms with E-state index in [1.54, 1.807) is 0 Å². The van der Waals surface area contributed by atoms with E-state index in [1.807, 2.05) is 0 Å². The largest absolute Gasteiger partial charge is 0.480 e. The Labute approximate surface area is 82.5 Å². The van der Waals surface area contributed by atoms with Gasteiger partial charge in [-0.05, 0) is 0 Å². The molecule has 13 heavy (non-hydrogen) atoms. The lowest BCUT2D eigenvalue weighted by Gasteiger charge is -2.00. The Hall–Kier alpha value is -1.07. The topological polar surface area (TPSA) is 72.2 Å². The summed E-state index contributed by atoms with van der Waals surface area (Å²) in [6.07, 6.45) is 1.12. The standard InChI is InChI=1S/C6H4Cl2N2O3/c7-3-1-9-10(2-4(11)12)6(13)5(3)8/h1H,2H2,(H,11,12). The minimum absolute atomic E-state index is 0.00769. The van der Waals surface area contributed by atoms with E-state index in [-0.39, 0.29) is 10.0 Å². The van der Waals surface area contributed by atoms with Crippen LogP contribution in [0.5, 0.6) is 0 Å². The van der Waals surface area contributed by atoms with E-state index in [0.29, 0.717) is 0 Å². The molecule has 1 N–H and O–H groups in total. The molecule has 0 bridgehead atoms. The second-order valence-corrected chi connectivity index (χ2v) is 2.95. The summed E-state index contributed by atoms with van der Waals surface area (Å²) in [6, 6.07) is 0. The molecule has 0 aliphatic carbocycles. The van der Waals surface area contributed by atoms with Gasteiger partial charge >= 0.3 is 5.97 Å². The average molecular weight is 223 g/mol. The van der Waals surface area contributed by atoms with E-state index >= 15 is 0 Å². The van der Waals surface area contributed by atoms with Crippen molar-refractivity contribution in [2.24, 2.45) is 0 Å². The van der Waals surface area contributed by atoms with E-state index in [4.69, 9.17) is 28.3 Å². The molecule has 0 saturated heterocycles. The third kappa shape index (κ3) is 2.19. The number of halogens is 2. The normalized spacial score (nSPS) is 10.0. The number of rotatable bonds is 2. The maximum Gasteiger partial charge on any atom is 0.325 e. The van der Waals surface area contributed by atoms with Crippen LogP contribution in [0, 0.1) is 0 Å². The van der Waals surface area contributed by atoms with Crippen LogP contribution in [0.4, 0.5) is 0 Å². The summed E-state index contributed by atoms with van der Waals surface area (Å²) in [4.78, 5) is 21.4. The quantitative estimate of drug-likeness (QED) is 0.798. The highest BCUT2D eigenvalue weighted by atomic mass is 35.5. The summed E-state index contributed by atoms with van der Waals surface area (Å²) in [5, 5.41) is 11.6. The summed E-state index contributed by atoms with van der Waals surface area (Å²) in [7, 11) is 0. The molecule has 1 heterocycles. The van der Waals surface area contributed by atoms with Crippen molar-refractivity contribution in [3.05, 3.63) is 26.6 Å². The van der Waals surface area contributed by atoms with E-state index in [0.717, 1.165) is 10.9 Å². The van der Waals surface area contributed by atoms with Crippen molar-refractivity contribution in [3.8, 4) is 0 Å². The number of carboxylic acids is 1. The van der Waals surface area contributed by atoms with Gasteiger partial charge in [-0.15, -0.1) is 0 Å². The molecule has 0 radical (unpaired) electrons. The number of carbonyl (C=O) groups is 1. The van der Waals surface area contributed by atoms with Crippen molar-refractivity contribution in [1.82, 2.24) is 9.78 Å². The maximum atomic E-state index is 11.1. The molecule has 70 valence electrons. The third-order valence-corrected chi connectivity index (χ3v) is 1.98. The van der Waals surface area contributed by atoms with Crippen LogP contribution in [0.25, 0.3) is 0 Å². The molecule has 1 rings (SSSR count). The van der Waals surface area contributed by atoms with Crippen molar-refractivity contribution in [3.63, 3.8) is 0 Å². The molecule has 0 unspecified atom stereocenters. The first-order valence-electron chi connectivity index (χ1n) is 3.15. The van der Waals surface area contributed by atoms with Gasteiger partial charge < -0.3 is 5.11 Å². The molecular weight excluding hydrogens is 219 g/mol. The third-order valence-electron chi connectivity index (χ3n) is 1.23. The van der Waals surface area contributed by atoms with Gasteiger partial charge in [0.15, 0.2) is 0 Å². The highest BCUT2D eigenvalue weighted by Gasteiger charge is 2.09. The molecule has 0 aromatic carbocycles. The zero-order chi connectivity index (χ0) is 10.0. The second-order valence-electron chi connectivity index (χ2n) is 2.16. The Bertz CT molecular complexity index is 401. The number of nitrogens with zero attached hydrogens (tertiary/aromatic N) is 2. The molecule has 5 nitrogen and oxygen atoms in total. The van der Waals surface area contributed by atoms with Crippen molar-refractivity contribution in [2.45, 2.75) is 6.54 Å². The lowest BCUT2D eigenvalue weighted by atomic mass is 10.5. The van der Waals surface area contributed by atoms with E-state index < -0.39 is 18.1 Å². The van der Waals surface area contributed by atoms with Crippen LogP contribution >= 0.6 is 23.2 Å². The van der Waals surface area contributed by atoms with Gasteiger partial charge in [0.25, 0.3) is 5.56 Å². The van der Waals surface area contributed by atoms with Gasteiger partial charge in [0.2, 0.25) is 0 Å². The summed E-state index contributed by atoms with van der Waals surface area (Å²) in [6.45, 7) is -0.532. The smallest absolute Gasteiger partial charge is 0.325 e. The van der Waals surface area contributed by atoms with Crippen LogP contribution in [0.15, 0.2) is 11.0 Å². The predicted octanol–water partition coefficient (Wildman–Crippen LogP) is 0.635. The van der Waals surface area contributed by atoms with Crippen LogP contribution in [0.1, 0.15) is 0 Å². The van der Waals surface area contributed by atoms with Gasteiger partial charge in [0.1, 0.15) is 11.6 Å². The first kappa shape index (κ1) is 10.0. The number of carboxylic acid groups (broad SMARTS) is 1. The highest BCUT2D eigenvalue weighted by Crippen LogP contribution is 2.14.